The largest absolute Gasteiger partial charge is 0.477 e. The summed E-state index contributed by atoms with van der Waals surface area (Å²) in [7, 11) is 1.32. The highest BCUT2D eigenvalue weighted by atomic mass is 19.3. The van der Waals surface area contributed by atoms with E-state index in [1.807, 2.05) is 58.0 Å². The zero-order valence-corrected chi connectivity index (χ0v) is 34.2. The number of halogens is 4. The van der Waals surface area contributed by atoms with E-state index in [1.54, 1.807) is 17.2 Å². The number of aromatic amines is 1. The zero-order valence-electron chi connectivity index (χ0n) is 34.2. The Balaban J connectivity index is 1.12. The number of carboxylic acids is 1. The molecule has 3 aromatic carbocycles. The highest BCUT2D eigenvalue weighted by Crippen LogP contribution is 2.42. The van der Waals surface area contributed by atoms with Crippen LogP contribution in [-0.4, -0.2) is 87.8 Å². The minimum absolute atomic E-state index is 0.110. The standard InChI is InChI=1S/C43H48F4N6O8/c1-23-20-29(37(55)59-5)16-19-31(23)26-10-6-24(7-11-26)21-32(50-36-33(60-36)27-12-8-25(9-13-27)22-48-40(58)61-41(2,3)4)35(54)49-30-17-14-28(15-18-30)34-51-38(53-52-34)42(44,45)43(46,47)39(56)57/h6-7,10-11,14-20,25,27,32-33,36,50H,8-9,12-13,21-22H2,1-5H3,(H,48,58)(H,49,54)(H,56,57)(H,51,52,53). The first-order valence-electron chi connectivity index (χ1n) is 19.8. The Labute approximate surface area is 349 Å². The number of benzene rings is 3. The molecule has 3 atom stereocenters. The van der Waals surface area contributed by atoms with Gasteiger partial charge in [-0.1, -0.05) is 30.3 Å². The first-order chi connectivity index (χ1) is 28.7. The van der Waals surface area contributed by atoms with E-state index in [0.29, 0.717) is 23.7 Å². The molecule has 2 fully saturated rings. The summed E-state index contributed by atoms with van der Waals surface area (Å²) in [5, 5.41) is 23.0. The van der Waals surface area contributed by atoms with Gasteiger partial charge in [0.2, 0.25) is 11.7 Å². The number of H-pyrrole nitrogens is 1. The number of hydrogen-bond donors (Lipinski definition) is 5. The molecule has 1 aromatic heterocycles. The molecule has 0 radical (unpaired) electrons. The fourth-order valence-corrected chi connectivity index (χ4v) is 7.34. The molecule has 18 heteroatoms. The lowest BCUT2D eigenvalue weighted by Crippen LogP contribution is -2.45. The Bertz CT molecular complexity index is 2220. The maximum Gasteiger partial charge on any atom is 0.411 e. The van der Waals surface area contributed by atoms with Crippen molar-refractivity contribution in [1.82, 2.24) is 25.8 Å². The van der Waals surface area contributed by atoms with Crippen molar-refractivity contribution in [2.24, 2.45) is 11.8 Å². The predicted octanol–water partition coefficient (Wildman–Crippen LogP) is 7.24. The number of nitrogens with one attached hydrogen (secondary N) is 4. The van der Waals surface area contributed by atoms with E-state index < -0.39 is 59.1 Å². The molecule has 0 bridgehead atoms. The SMILES string of the molecule is COC(=O)c1ccc(-c2ccc(CC(NC3OC3C3CCC(CNC(=O)OC(C)(C)C)CC3)C(=O)Nc3ccc(-c4n[nH]c(C(F)(F)C(F)(F)C(=O)O)n4)cc3)cc2)c(C)c1. The van der Waals surface area contributed by atoms with Crippen LogP contribution < -0.4 is 16.0 Å². The first-order valence-corrected chi connectivity index (χ1v) is 19.8. The molecule has 4 aromatic rings. The third-order valence-electron chi connectivity index (χ3n) is 10.7. The molecule has 0 spiro atoms. The van der Waals surface area contributed by atoms with Gasteiger partial charge in [-0.2, -0.15) is 22.7 Å². The maximum absolute atomic E-state index is 14.3. The van der Waals surface area contributed by atoms with Gasteiger partial charge in [0.25, 0.3) is 0 Å². The minimum atomic E-state index is -5.43. The summed E-state index contributed by atoms with van der Waals surface area (Å²) in [6.07, 6.45) is 2.91. The molecule has 1 aliphatic carbocycles. The number of aromatic nitrogens is 3. The number of carbonyl (C=O) groups is 4. The van der Waals surface area contributed by atoms with E-state index in [2.05, 4.69) is 26.0 Å². The Hall–Kier alpha value is -5.88. The van der Waals surface area contributed by atoms with Crippen molar-refractivity contribution in [3.8, 4) is 22.5 Å². The van der Waals surface area contributed by atoms with Crippen LogP contribution in [0.2, 0.25) is 0 Å². The van der Waals surface area contributed by atoms with Crippen LogP contribution in [0.1, 0.15) is 73.8 Å². The van der Waals surface area contributed by atoms with Crippen molar-refractivity contribution in [1.29, 1.82) is 0 Å². The summed E-state index contributed by atoms with van der Waals surface area (Å²) in [6.45, 7) is 7.86. The molecule has 6 rings (SSSR count). The number of amides is 2. The number of nitrogens with zero attached hydrogens (tertiary/aromatic N) is 2. The Kier molecular flexibility index (Phi) is 13.2. The number of hydrogen-bond acceptors (Lipinski definition) is 10. The van der Waals surface area contributed by atoms with Crippen molar-refractivity contribution in [2.45, 2.75) is 95.6 Å². The van der Waals surface area contributed by atoms with E-state index in [9.17, 15) is 36.7 Å². The average molecular weight is 853 g/mol. The third-order valence-corrected chi connectivity index (χ3v) is 10.7. The second-order valence-electron chi connectivity index (χ2n) is 16.4. The lowest BCUT2D eigenvalue weighted by Gasteiger charge is -2.28. The number of alkyl carbamates (subject to hydrolysis) is 1. The van der Waals surface area contributed by atoms with Gasteiger partial charge >= 0.3 is 29.9 Å². The molecule has 14 nitrogen and oxygen atoms in total. The summed E-state index contributed by atoms with van der Waals surface area (Å²) < 4.78 is 72.3. The second-order valence-corrected chi connectivity index (χ2v) is 16.4. The molecule has 3 unspecified atom stereocenters. The lowest BCUT2D eigenvalue weighted by atomic mass is 9.80. The van der Waals surface area contributed by atoms with Gasteiger partial charge in [-0.3, -0.25) is 15.2 Å². The fourth-order valence-electron chi connectivity index (χ4n) is 7.34. The molecule has 2 aliphatic rings. The van der Waals surface area contributed by atoms with Gasteiger partial charge in [0, 0.05) is 17.8 Å². The van der Waals surface area contributed by atoms with Crippen LogP contribution in [0.15, 0.2) is 66.7 Å². The van der Waals surface area contributed by atoms with Gasteiger partial charge in [-0.05, 0) is 130 Å². The number of ether oxygens (including phenoxy) is 3. The summed E-state index contributed by atoms with van der Waals surface area (Å²) in [5.41, 5.74) is 3.87. The molecular weight excluding hydrogens is 804 g/mol. The molecule has 326 valence electrons. The van der Waals surface area contributed by atoms with Crippen molar-refractivity contribution in [3.05, 3.63) is 89.2 Å². The lowest BCUT2D eigenvalue weighted by molar-refractivity contribution is -0.231. The van der Waals surface area contributed by atoms with E-state index in [0.717, 1.165) is 47.9 Å². The smallest absolute Gasteiger partial charge is 0.411 e. The number of aryl methyl sites for hydroxylation is 1. The Morgan fingerprint density at radius 3 is 2.20 bits per heavy atom. The number of anilines is 1. The van der Waals surface area contributed by atoms with Crippen molar-refractivity contribution >= 4 is 29.6 Å². The van der Waals surface area contributed by atoms with Crippen LogP contribution in [0.4, 0.5) is 28.0 Å². The molecule has 61 heavy (non-hydrogen) atoms. The van der Waals surface area contributed by atoms with Gasteiger partial charge in [-0.25, -0.2) is 19.4 Å². The molecule has 2 heterocycles. The number of rotatable bonds is 15. The second kappa shape index (κ2) is 18.0. The Morgan fingerprint density at radius 1 is 0.934 bits per heavy atom. The van der Waals surface area contributed by atoms with Crippen LogP contribution in [0.3, 0.4) is 0 Å². The summed E-state index contributed by atoms with van der Waals surface area (Å²) in [6, 6.07) is 17.9. The number of epoxide rings is 1. The maximum atomic E-state index is 14.3. The van der Waals surface area contributed by atoms with E-state index >= 15 is 0 Å². The van der Waals surface area contributed by atoms with Crippen LogP contribution in [0, 0.1) is 18.8 Å². The molecule has 5 N–H and O–H groups in total. The van der Waals surface area contributed by atoms with Crippen LogP contribution in [0.25, 0.3) is 22.5 Å². The van der Waals surface area contributed by atoms with Gasteiger partial charge < -0.3 is 30.0 Å². The molecule has 2 amide bonds. The normalized spacial score (nSPS) is 19.7. The van der Waals surface area contributed by atoms with Crippen molar-refractivity contribution in [2.75, 3.05) is 19.0 Å². The Morgan fingerprint density at radius 2 is 1.59 bits per heavy atom. The van der Waals surface area contributed by atoms with E-state index in [-0.39, 0.29) is 30.2 Å². The highest BCUT2D eigenvalue weighted by molar-refractivity contribution is 5.95. The van der Waals surface area contributed by atoms with Crippen molar-refractivity contribution < 1.29 is 56.1 Å². The summed E-state index contributed by atoms with van der Waals surface area (Å²) in [5.74, 6) is -15.9. The van der Waals surface area contributed by atoms with Gasteiger partial charge in [-0.15, -0.1) is 0 Å². The summed E-state index contributed by atoms with van der Waals surface area (Å²) >= 11 is 0. The van der Waals surface area contributed by atoms with Crippen molar-refractivity contribution in [3.63, 3.8) is 0 Å². The number of alkyl halides is 4. The number of methoxy groups -OCH3 is 1. The third kappa shape index (κ3) is 10.7. The van der Waals surface area contributed by atoms with Crippen LogP contribution in [-0.2, 0) is 36.1 Å². The first kappa shape index (κ1) is 44.7. The van der Waals surface area contributed by atoms with Crippen LogP contribution in [0.5, 0.6) is 0 Å². The monoisotopic (exact) mass is 852 g/mol. The minimum Gasteiger partial charge on any atom is -0.477 e. The van der Waals surface area contributed by atoms with Gasteiger partial charge in [0.1, 0.15) is 17.9 Å². The number of esters is 1. The molecular formula is C43H48F4N6O8. The average Bonchev–Trinajstić information content (AvgIpc) is 3.80. The zero-order chi connectivity index (χ0) is 44.3. The molecule has 1 aliphatic heterocycles. The quantitative estimate of drug-likeness (QED) is 0.0459. The number of carboxylic acid groups (broad SMARTS) is 1. The molecule has 1 saturated heterocycles. The number of carbonyl (C=O) groups excluding carboxylic acids is 3. The summed E-state index contributed by atoms with van der Waals surface area (Å²) in [4.78, 5) is 52.3. The van der Waals surface area contributed by atoms with E-state index in [4.69, 9.17) is 19.3 Å². The fraction of sp³-hybridized carbons (Fsp3) is 0.442. The van der Waals surface area contributed by atoms with Gasteiger partial charge in [0.15, 0.2) is 5.82 Å². The van der Waals surface area contributed by atoms with Gasteiger partial charge in [0.05, 0.1) is 18.7 Å². The highest BCUT2D eigenvalue weighted by Gasteiger charge is 2.65. The molecule has 1 saturated carbocycles. The topological polar surface area (TPSA) is 197 Å². The van der Waals surface area contributed by atoms with Crippen LogP contribution >= 0.6 is 0 Å². The van der Waals surface area contributed by atoms with E-state index in [1.165, 1.54) is 31.4 Å². The predicted molar refractivity (Wildman–Crippen MR) is 214 cm³/mol. The number of aliphatic carboxylic acids is 1.